The normalized spacial score (nSPS) is 21.9. The Hall–Kier alpha value is -0.760. The van der Waals surface area contributed by atoms with E-state index in [2.05, 4.69) is 22.9 Å². The molecule has 2 heterocycles. The molecule has 2 rings (SSSR count). The fraction of sp³-hybridized carbons (Fsp3) is 0.615. The molecule has 1 unspecified atom stereocenters. The standard InChI is InChI=1S/C13H19ClN2/c1-11-6-7-15-13(9-11)16-8-4-2-3-5-12(16)10-14/h6-7,9,12H,2-5,8,10H2,1H3. The molecule has 1 aliphatic rings. The van der Waals surface area contributed by atoms with Gasteiger partial charge in [0.15, 0.2) is 0 Å². The first kappa shape index (κ1) is 11.7. The Balaban J connectivity index is 2.21. The highest BCUT2D eigenvalue weighted by Crippen LogP contribution is 2.23. The average molecular weight is 239 g/mol. The molecule has 1 fully saturated rings. The number of aryl methyl sites for hydroxylation is 1. The van der Waals surface area contributed by atoms with Gasteiger partial charge < -0.3 is 4.90 Å². The van der Waals surface area contributed by atoms with Crippen molar-refractivity contribution < 1.29 is 0 Å². The minimum atomic E-state index is 0.457. The van der Waals surface area contributed by atoms with E-state index in [0.717, 1.165) is 12.4 Å². The molecular formula is C13H19ClN2. The third-order valence-electron chi connectivity index (χ3n) is 3.25. The second-order valence-corrected chi connectivity index (χ2v) is 4.85. The predicted molar refractivity (Wildman–Crippen MR) is 69.3 cm³/mol. The summed E-state index contributed by atoms with van der Waals surface area (Å²) in [5, 5.41) is 0. The van der Waals surface area contributed by atoms with Gasteiger partial charge in [0.1, 0.15) is 5.82 Å². The number of hydrogen-bond donors (Lipinski definition) is 0. The average Bonchev–Trinajstić information content (AvgIpc) is 2.53. The van der Waals surface area contributed by atoms with E-state index in [-0.39, 0.29) is 0 Å². The van der Waals surface area contributed by atoms with Gasteiger partial charge in [0.25, 0.3) is 0 Å². The molecule has 1 aliphatic heterocycles. The van der Waals surface area contributed by atoms with Crippen LogP contribution in [0.5, 0.6) is 0 Å². The van der Waals surface area contributed by atoms with Crippen molar-refractivity contribution in [1.82, 2.24) is 4.98 Å². The van der Waals surface area contributed by atoms with Crippen LogP contribution in [-0.4, -0.2) is 23.5 Å². The second kappa shape index (κ2) is 5.53. The SMILES string of the molecule is Cc1ccnc(N2CCCCCC2CCl)c1. The Morgan fingerprint density at radius 1 is 1.44 bits per heavy atom. The van der Waals surface area contributed by atoms with Crippen LogP contribution in [0.3, 0.4) is 0 Å². The molecule has 0 bridgehead atoms. The van der Waals surface area contributed by atoms with E-state index in [1.54, 1.807) is 0 Å². The molecule has 1 saturated heterocycles. The van der Waals surface area contributed by atoms with E-state index in [1.165, 1.54) is 31.2 Å². The topological polar surface area (TPSA) is 16.1 Å². The summed E-state index contributed by atoms with van der Waals surface area (Å²) in [6.07, 6.45) is 6.94. The number of anilines is 1. The summed E-state index contributed by atoms with van der Waals surface area (Å²) in [6.45, 7) is 3.20. The molecule has 3 heteroatoms. The van der Waals surface area contributed by atoms with Gasteiger partial charge in [-0.15, -0.1) is 11.6 Å². The molecule has 0 amide bonds. The zero-order chi connectivity index (χ0) is 11.4. The van der Waals surface area contributed by atoms with Gasteiger partial charge in [-0.05, 0) is 37.5 Å². The van der Waals surface area contributed by atoms with Gasteiger partial charge in [0, 0.05) is 24.7 Å². The lowest BCUT2D eigenvalue weighted by atomic mass is 10.1. The van der Waals surface area contributed by atoms with Gasteiger partial charge in [-0.25, -0.2) is 4.98 Å². The zero-order valence-electron chi connectivity index (χ0n) is 9.82. The molecule has 0 aromatic carbocycles. The Morgan fingerprint density at radius 2 is 2.31 bits per heavy atom. The number of nitrogens with zero attached hydrogens (tertiary/aromatic N) is 2. The van der Waals surface area contributed by atoms with E-state index in [1.807, 2.05) is 12.3 Å². The summed E-state index contributed by atoms with van der Waals surface area (Å²) >= 11 is 6.07. The van der Waals surface area contributed by atoms with Crippen LogP contribution >= 0.6 is 11.6 Å². The zero-order valence-corrected chi connectivity index (χ0v) is 10.6. The highest BCUT2D eigenvalue weighted by Gasteiger charge is 2.21. The number of aromatic nitrogens is 1. The van der Waals surface area contributed by atoms with Gasteiger partial charge in [0.05, 0.1) is 0 Å². The third-order valence-corrected chi connectivity index (χ3v) is 3.61. The van der Waals surface area contributed by atoms with E-state index in [4.69, 9.17) is 11.6 Å². The Kier molecular flexibility index (Phi) is 4.05. The molecule has 0 aliphatic carbocycles. The lowest BCUT2D eigenvalue weighted by Gasteiger charge is -2.29. The van der Waals surface area contributed by atoms with Gasteiger partial charge >= 0.3 is 0 Å². The van der Waals surface area contributed by atoms with Crippen molar-refractivity contribution in [2.45, 2.75) is 38.6 Å². The van der Waals surface area contributed by atoms with Crippen LogP contribution in [0, 0.1) is 6.92 Å². The first-order valence-corrected chi connectivity index (χ1v) is 6.60. The third kappa shape index (κ3) is 2.67. The van der Waals surface area contributed by atoms with Gasteiger partial charge in [-0.3, -0.25) is 0 Å². The monoisotopic (exact) mass is 238 g/mol. The maximum atomic E-state index is 6.07. The summed E-state index contributed by atoms with van der Waals surface area (Å²) in [4.78, 5) is 6.85. The number of alkyl halides is 1. The fourth-order valence-corrected chi connectivity index (χ4v) is 2.64. The number of hydrogen-bond acceptors (Lipinski definition) is 2. The molecule has 1 atom stereocenters. The van der Waals surface area contributed by atoms with Crippen LogP contribution in [-0.2, 0) is 0 Å². The summed E-state index contributed by atoms with van der Waals surface area (Å²) in [7, 11) is 0. The van der Waals surface area contributed by atoms with Crippen molar-refractivity contribution >= 4 is 17.4 Å². The summed E-state index contributed by atoms with van der Waals surface area (Å²) < 4.78 is 0. The molecule has 88 valence electrons. The number of halogens is 1. The van der Waals surface area contributed by atoms with Crippen LogP contribution in [0.25, 0.3) is 0 Å². The van der Waals surface area contributed by atoms with Crippen molar-refractivity contribution in [1.29, 1.82) is 0 Å². The van der Waals surface area contributed by atoms with Crippen LogP contribution in [0.15, 0.2) is 18.3 Å². The van der Waals surface area contributed by atoms with E-state index in [0.29, 0.717) is 11.9 Å². The van der Waals surface area contributed by atoms with Crippen molar-refractivity contribution in [3.63, 3.8) is 0 Å². The minimum absolute atomic E-state index is 0.457. The van der Waals surface area contributed by atoms with Gasteiger partial charge in [-0.1, -0.05) is 12.8 Å². The van der Waals surface area contributed by atoms with Crippen molar-refractivity contribution in [2.75, 3.05) is 17.3 Å². The molecular weight excluding hydrogens is 220 g/mol. The van der Waals surface area contributed by atoms with E-state index in [9.17, 15) is 0 Å². The van der Waals surface area contributed by atoms with Gasteiger partial charge in [0.2, 0.25) is 0 Å². The molecule has 0 radical (unpaired) electrons. The first-order chi connectivity index (χ1) is 7.81. The Morgan fingerprint density at radius 3 is 3.06 bits per heavy atom. The van der Waals surface area contributed by atoms with Crippen LogP contribution in [0.1, 0.15) is 31.2 Å². The lowest BCUT2D eigenvalue weighted by Crippen LogP contribution is -2.36. The number of pyridine rings is 1. The summed E-state index contributed by atoms with van der Waals surface area (Å²) in [5.74, 6) is 1.79. The minimum Gasteiger partial charge on any atom is -0.352 e. The van der Waals surface area contributed by atoms with Crippen molar-refractivity contribution in [3.8, 4) is 0 Å². The maximum absolute atomic E-state index is 6.07. The molecule has 0 saturated carbocycles. The molecule has 16 heavy (non-hydrogen) atoms. The quantitative estimate of drug-likeness (QED) is 0.735. The van der Waals surface area contributed by atoms with E-state index >= 15 is 0 Å². The molecule has 0 spiro atoms. The maximum Gasteiger partial charge on any atom is 0.129 e. The Labute approximate surface area is 103 Å². The largest absolute Gasteiger partial charge is 0.352 e. The lowest BCUT2D eigenvalue weighted by molar-refractivity contribution is 0.616. The smallest absolute Gasteiger partial charge is 0.129 e. The summed E-state index contributed by atoms with van der Waals surface area (Å²) in [6, 6.07) is 4.65. The highest BCUT2D eigenvalue weighted by atomic mass is 35.5. The highest BCUT2D eigenvalue weighted by molar-refractivity contribution is 6.18. The first-order valence-electron chi connectivity index (χ1n) is 6.06. The predicted octanol–water partition coefficient (Wildman–Crippen LogP) is 3.38. The van der Waals surface area contributed by atoms with Crippen molar-refractivity contribution in [3.05, 3.63) is 23.9 Å². The van der Waals surface area contributed by atoms with Crippen LogP contribution in [0.4, 0.5) is 5.82 Å². The van der Waals surface area contributed by atoms with Crippen LogP contribution < -0.4 is 4.90 Å². The molecule has 0 N–H and O–H groups in total. The molecule has 2 nitrogen and oxygen atoms in total. The fourth-order valence-electron chi connectivity index (χ4n) is 2.32. The van der Waals surface area contributed by atoms with E-state index < -0.39 is 0 Å². The summed E-state index contributed by atoms with van der Waals surface area (Å²) in [5.41, 5.74) is 1.27. The second-order valence-electron chi connectivity index (χ2n) is 4.54. The molecule has 1 aromatic heterocycles. The Bertz CT molecular complexity index is 340. The molecule has 1 aromatic rings. The van der Waals surface area contributed by atoms with Crippen molar-refractivity contribution in [2.24, 2.45) is 0 Å². The van der Waals surface area contributed by atoms with Gasteiger partial charge in [-0.2, -0.15) is 0 Å². The van der Waals surface area contributed by atoms with Crippen LogP contribution in [0.2, 0.25) is 0 Å². The number of rotatable bonds is 2.